The summed E-state index contributed by atoms with van der Waals surface area (Å²) in [5.41, 5.74) is 3.56. The van der Waals surface area contributed by atoms with Crippen molar-refractivity contribution in [3.8, 4) is 11.4 Å². The van der Waals surface area contributed by atoms with E-state index >= 15 is 0 Å². The van der Waals surface area contributed by atoms with Crippen LogP contribution in [0.2, 0.25) is 0 Å². The molecule has 1 aliphatic carbocycles. The van der Waals surface area contributed by atoms with E-state index in [1.807, 2.05) is 24.3 Å². The Bertz CT molecular complexity index is 1010. The minimum absolute atomic E-state index is 0.166. The molecule has 0 saturated heterocycles. The highest BCUT2D eigenvalue weighted by atomic mass is 16.1. The number of pyridine rings is 2. The molecule has 7 heteroatoms. The topological polar surface area (TPSA) is 85.6 Å². The molecule has 2 aliphatic rings. The lowest BCUT2D eigenvalue weighted by atomic mass is 9.86. The Hall–Kier alpha value is -3.35. The van der Waals surface area contributed by atoms with Crippen molar-refractivity contribution < 1.29 is 4.79 Å². The maximum Gasteiger partial charge on any atom is 0.226 e. The highest BCUT2D eigenvalue weighted by Gasteiger charge is 2.36. The van der Waals surface area contributed by atoms with Gasteiger partial charge in [-0.05, 0) is 36.6 Å². The molecule has 0 spiro atoms. The first-order valence-corrected chi connectivity index (χ1v) is 8.61. The average Bonchev–Trinajstić information content (AvgIpc) is 3.12. The number of allylic oxidation sites excluding steroid dienone is 2. The normalized spacial score (nSPS) is 18.9. The molecule has 4 heterocycles. The summed E-state index contributed by atoms with van der Waals surface area (Å²) in [6.45, 7) is 0. The van der Waals surface area contributed by atoms with Crippen molar-refractivity contribution in [2.24, 2.45) is 0 Å². The largest absolute Gasteiger partial charge is 0.328 e. The lowest BCUT2D eigenvalue weighted by Gasteiger charge is -2.31. The lowest BCUT2D eigenvalue weighted by Crippen LogP contribution is -2.31. The van der Waals surface area contributed by atoms with Gasteiger partial charge >= 0.3 is 0 Å². The Kier molecular flexibility index (Phi) is 3.38. The number of carbonyl (C=O) groups excluding carboxylic acids is 1. The maximum atomic E-state index is 12.7. The van der Waals surface area contributed by atoms with Crippen LogP contribution in [-0.4, -0.2) is 30.5 Å². The summed E-state index contributed by atoms with van der Waals surface area (Å²) in [6.07, 6.45) is 9.22. The van der Waals surface area contributed by atoms with Crippen molar-refractivity contribution in [3.05, 3.63) is 65.9 Å². The van der Waals surface area contributed by atoms with Crippen LogP contribution in [-0.2, 0) is 4.79 Å². The number of hydrogen-bond donors (Lipinski definition) is 1. The second-order valence-electron chi connectivity index (χ2n) is 6.42. The first kappa shape index (κ1) is 14.9. The van der Waals surface area contributed by atoms with Crippen molar-refractivity contribution in [2.45, 2.75) is 25.3 Å². The Morgan fingerprint density at radius 1 is 1.08 bits per heavy atom. The number of Topliss-reactive ketones (excluding diaryl/α,β-unsaturated/α-hetero) is 1. The van der Waals surface area contributed by atoms with Crippen molar-refractivity contribution in [2.75, 3.05) is 5.32 Å². The molecule has 3 aromatic heterocycles. The number of ketones is 1. The molecule has 0 radical (unpaired) electrons. The molecule has 7 nitrogen and oxygen atoms in total. The van der Waals surface area contributed by atoms with Crippen molar-refractivity contribution in [1.29, 1.82) is 0 Å². The fourth-order valence-corrected chi connectivity index (χ4v) is 3.63. The number of hydrogen-bond acceptors (Lipinski definition) is 6. The number of rotatable bonds is 2. The zero-order valence-corrected chi connectivity index (χ0v) is 14.0. The fourth-order valence-electron chi connectivity index (χ4n) is 3.63. The van der Waals surface area contributed by atoms with E-state index in [9.17, 15) is 4.79 Å². The molecule has 5 rings (SSSR count). The van der Waals surface area contributed by atoms with Gasteiger partial charge in [0.25, 0.3) is 0 Å². The van der Waals surface area contributed by atoms with Gasteiger partial charge in [-0.25, -0.2) is 4.68 Å². The third-order valence-corrected chi connectivity index (χ3v) is 4.81. The van der Waals surface area contributed by atoms with Gasteiger partial charge in [-0.3, -0.25) is 14.8 Å². The molecule has 26 heavy (non-hydrogen) atoms. The fraction of sp³-hybridized carbons (Fsp3) is 0.211. The number of fused-ring (bicyclic) bond motifs is 1. The van der Waals surface area contributed by atoms with Gasteiger partial charge in [-0.15, -0.1) is 5.10 Å². The predicted molar refractivity (Wildman–Crippen MR) is 95.1 cm³/mol. The molecule has 1 unspecified atom stereocenters. The minimum atomic E-state index is -0.300. The highest BCUT2D eigenvalue weighted by Crippen LogP contribution is 2.40. The summed E-state index contributed by atoms with van der Waals surface area (Å²) in [5, 5.41) is 8.04. The first-order chi connectivity index (χ1) is 12.8. The second-order valence-corrected chi connectivity index (χ2v) is 6.42. The minimum Gasteiger partial charge on any atom is -0.328 e. The van der Waals surface area contributed by atoms with E-state index < -0.39 is 0 Å². The second kappa shape index (κ2) is 5.87. The summed E-state index contributed by atoms with van der Waals surface area (Å²) in [6, 6.07) is 7.31. The lowest BCUT2D eigenvalue weighted by molar-refractivity contribution is -0.116. The van der Waals surface area contributed by atoms with Crippen LogP contribution in [0, 0.1) is 0 Å². The van der Waals surface area contributed by atoms with Gasteiger partial charge in [-0.2, -0.15) is 4.98 Å². The molecular weight excluding hydrogens is 328 g/mol. The van der Waals surface area contributed by atoms with Gasteiger partial charge in [0.15, 0.2) is 11.6 Å². The van der Waals surface area contributed by atoms with Gasteiger partial charge in [0.05, 0.1) is 0 Å². The molecule has 0 fully saturated rings. The van der Waals surface area contributed by atoms with Crippen LogP contribution in [0.4, 0.5) is 5.95 Å². The smallest absolute Gasteiger partial charge is 0.226 e. The SMILES string of the molecule is O=C1CCCC2=C1C(c1cccnc1)n1nc(-c3ccncc3)nc1N2. The van der Waals surface area contributed by atoms with Crippen LogP contribution in [0.5, 0.6) is 0 Å². The zero-order valence-electron chi connectivity index (χ0n) is 14.0. The van der Waals surface area contributed by atoms with Crippen LogP contribution in [0.25, 0.3) is 11.4 Å². The molecule has 0 aromatic carbocycles. The number of nitrogens with one attached hydrogen (secondary N) is 1. The van der Waals surface area contributed by atoms with Crippen LogP contribution < -0.4 is 5.32 Å². The predicted octanol–water partition coefficient (Wildman–Crippen LogP) is 2.76. The molecule has 1 atom stereocenters. The van der Waals surface area contributed by atoms with Gasteiger partial charge in [-0.1, -0.05) is 6.07 Å². The molecule has 128 valence electrons. The Balaban J connectivity index is 1.69. The maximum absolute atomic E-state index is 12.7. The molecular formula is C19H16N6O. The molecule has 0 amide bonds. The Morgan fingerprint density at radius 2 is 1.96 bits per heavy atom. The molecule has 1 N–H and O–H groups in total. The summed E-state index contributed by atoms with van der Waals surface area (Å²) in [4.78, 5) is 25.7. The van der Waals surface area contributed by atoms with E-state index in [0.717, 1.165) is 35.2 Å². The summed E-state index contributed by atoms with van der Waals surface area (Å²) in [7, 11) is 0. The van der Waals surface area contributed by atoms with E-state index in [2.05, 4.69) is 20.3 Å². The van der Waals surface area contributed by atoms with Gasteiger partial charge < -0.3 is 5.32 Å². The molecule has 0 bridgehead atoms. The van der Waals surface area contributed by atoms with Gasteiger partial charge in [0.1, 0.15) is 6.04 Å². The standard InChI is InChI=1S/C19H16N6O/c26-15-5-1-4-14-16(15)17(13-3-2-8-21-11-13)25-19(22-14)23-18(24-25)12-6-9-20-10-7-12/h2-3,6-11,17H,1,4-5H2,(H,22,23,24). The number of anilines is 1. The first-order valence-electron chi connectivity index (χ1n) is 8.61. The van der Waals surface area contributed by atoms with Crippen molar-refractivity contribution in [1.82, 2.24) is 24.7 Å². The quantitative estimate of drug-likeness (QED) is 0.769. The van der Waals surface area contributed by atoms with Crippen molar-refractivity contribution in [3.63, 3.8) is 0 Å². The third kappa shape index (κ3) is 2.32. The molecule has 3 aromatic rings. The highest BCUT2D eigenvalue weighted by molar-refractivity contribution is 5.99. The molecule has 0 saturated carbocycles. The van der Waals surface area contributed by atoms with Crippen LogP contribution in [0.1, 0.15) is 30.9 Å². The van der Waals surface area contributed by atoms with Crippen LogP contribution in [0.15, 0.2) is 60.3 Å². The summed E-state index contributed by atoms with van der Waals surface area (Å²) >= 11 is 0. The van der Waals surface area contributed by atoms with E-state index in [0.29, 0.717) is 18.2 Å². The van der Waals surface area contributed by atoms with Gasteiger partial charge in [0.2, 0.25) is 5.95 Å². The number of carbonyl (C=O) groups is 1. The Labute approximate surface area is 149 Å². The van der Waals surface area contributed by atoms with E-state index in [1.54, 1.807) is 29.5 Å². The van der Waals surface area contributed by atoms with E-state index in [1.165, 1.54) is 0 Å². The summed E-state index contributed by atoms with van der Waals surface area (Å²) in [5.74, 6) is 1.43. The summed E-state index contributed by atoms with van der Waals surface area (Å²) < 4.78 is 1.80. The van der Waals surface area contributed by atoms with Crippen LogP contribution >= 0.6 is 0 Å². The number of nitrogens with zero attached hydrogens (tertiary/aromatic N) is 5. The van der Waals surface area contributed by atoms with Crippen molar-refractivity contribution >= 4 is 11.7 Å². The van der Waals surface area contributed by atoms with E-state index in [4.69, 9.17) is 5.10 Å². The zero-order chi connectivity index (χ0) is 17.5. The van der Waals surface area contributed by atoms with Gasteiger partial charge in [0, 0.05) is 48.0 Å². The average molecular weight is 344 g/mol. The number of aromatic nitrogens is 5. The van der Waals surface area contributed by atoms with E-state index in [-0.39, 0.29) is 11.8 Å². The third-order valence-electron chi connectivity index (χ3n) is 4.81. The monoisotopic (exact) mass is 344 g/mol. The van der Waals surface area contributed by atoms with Crippen LogP contribution in [0.3, 0.4) is 0 Å². The molecule has 1 aliphatic heterocycles. The Morgan fingerprint density at radius 3 is 2.77 bits per heavy atom.